The zero-order valence-electron chi connectivity index (χ0n) is 11.8. The molecule has 0 spiro atoms. The second-order valence-electron chi connectivity index (χ2n) is 4.59. The van der Waals surface area contributed by atoms with E-state index >= 15 is 0 Å². The zero-order chi connectivity index (χ0) is 15.1. The molecule has 0 heterocycles. The molecule has 21 heavy (non-hydrogen) atoms. The van der Waals surface area contributed by atoms with Gasteiger partial charge in [0.1, 0.15) is 11.6 Å². The molecule has 1 N–H and O–H groups in total. The number of anilines is 1. The molecule has 0 saturated heterocycles. The van der Waals surface area contributed by atoms with E-state index in [0.717, 1.165) is 12.0 Å². The number of nitrogens with one attached hydrogen (secondary N) is 1. The van der Waals surface area contributed by atoms with Crippen molar-refractivity contribution >= 4 is 17.7 Å². The Morgan fingerprint density at radius 2 is 1.81 bits per heavy atom. The molecule has 2 rings (SSSR count). The van der Waals surface area contributed by atoms with Crippen LogP contribution in [0.25, 0.3) is 6.08 Å². The van der Waals surface area contributed by atoms with E-state index < -0.39 is 5.91 Å². The number of carbonyl (C=O) groups excluding carboxylic acids is 1. The highest BCUT2D eigenvalue weighted by Crippen LogP contribution is 2.12. The van der Waals surface area contributed by atoms with E-state index in [4.69, 9.17) is 5.26 Å². The monoisotopic (exact) mass is 276 g/mol. The molecule has 0 radical (unpaired) electrons. The first-order chi connectivity index (χ1) is 10.2. The Morgan fingerprint density at radius 1 is 1.14 bits per heavy atom. The van der Waals surface area contributed by atoms with Crippen LogP contribution >= 0.6 is 0 Å². The first-order valence-electron chi connectivity index (χ1n) is 6.80. The van der Waals surface area contributed by atoms with Gasteiger partial charge in [-0.1, -0.05) is 49.4 Å². The van der Waals surface area contributed by atoms with Crippen LogP contribution < -0.4 is 5.32 Å². The van der Waals surface area contributed by atoms with Crippen LogP contribution in [0.2, 0.25) is 0 Å². The number of hydrogen-bond acceptors (Lipinski definition) is 2. The SMILES string of the molecule is CCc1ccc(/C=C(/C#N)C(=O)Nc2ccccc2)cc1. The number of aryl methyl sites for hydroxylation is 1. The van der Waals surface area contributed by atoms with Crippen molar-refractivity contribution in [2.24, 2.45) is 0 Å². The Balaban J connectivity index is 2.16. The van der Waals surface area contributed by atoms with Gasteiger partial charge >= 0.3 is 0 Å². The molecule has 2 aromatic rings. The maximum Gasteiger partial charge on any atom is 0.266 e. The van der Waals surface area contributed by atoms with E-state index in [1.165, 1.54) is 5.56 Å². The van der Waals surface area contributed by atoms with E-state index in [-0.39, 0.29) is 5.57 Å². The summed E-state index contributed by atoms with van der Waals surface area (Å²) < 4.78 is 0. The van der Waals surface area contributed by atoms with Crippen LogP contribution in [0.3, 0.4) is 0 Å². The summed E-state index contributed by atoms with van der Waals surface area (Å²) in [5.41, 5.74) is 2.82. The van der Waals surface area contributed by atoms with Gasteiger partial charge in [-0.05, 0) is 35.8 Å². The number of para-hydroxylation sites is 1. The summed E-state index contributed by atoms with van der Waals surface area (Å²) in [5.74, 6) is -0.400. The van der Waals surface area contributed by atoms with Gasteiger partial charge in [-0.3, -0.25) is 4.79 Å². The average Bonchev–Trinajstić information content (AvgIpc) is 2.54. The number of hydrogen-bond donors (Lipinski definition) is 1. The summed E-state index contributed by atoms with van der Waals surface area (Å²) in [5, 5.41) is 11.9. The lowest BCUT2D eigenvalue weighted by atomic mass is 10.1. The van der Waals surface area contributed by atoms with Crippen LogP contribution in [0, 0.1) is 11.3 Å². The van der Waals surface area contributed by atoms with Gasteiger partial charge in [0, 0.05) is 5.69 Å². The van der Waals surface area contributed by atoms with Gasteiger partial charge in [-0.2, -0.15) is 5.26 Å². The molecule has 0 aliphatic carbocycles. The molecule has 0 atom stereocenters. The normalized spacial score (nSPS) is 10.8. The van der Waals surface area contributed by atoms with Crippen molar-refractivity contribution in [3.63, 3.8) is 0 Å². The minimum atomic E-state index is -0.400. The molecule has 3 nitrogen and oxygen atoms in total. The van der Waals surface area contributed by atoms with Crippen molar-refractivity contribution in [1.29, 1.82) is 5.26 Å². The van der Waals surface area contributed by atoms with E-state index in [2.05, 4.69) is 12.2 Å². The molecule has 0 unspecified atom stereocenters. The van der Waals surface area contributed by atoms with E-state index in [1.54, 1.807) is 18.2 Å². The van der Waals surface area contributed by atoms with Crippen LogP contribution in [0.5, 0.6) is 0 Å². The maximum atomic E-state index is 12.1. The third-order valence-electron chi connectivity index (χ3n) is 3.10. The number of nitrogens with zero attached hydrogens (tertiary/aromatic N) is 1. The molecule has 0 aliphatic rings. The lowest BCUT2D eigenvalue weighted by Gasteiger charge is -2.04. The predicted molar refractivity (Wildman–Crippen MR) is 84.5 cm³/mol. The Morgan fingerprint density at radius 3 is 2.38 bits per heavy atom. The van der Waals surface area contributed by atoms with Crippen LogP contribution in [0.1, 0.15) is 18.1 Å². The molecule has 2 aromatic carbocycles. The molecule has 0 bridgehead atoms. The Kier molecular flexibility index (Phi) is 4.89. The summed E-state index contributed by atoms with van der Waals surface area (Å²) in [4.78, 5) is 12.1. The lowest BCUT2D eigenvalue weighted by molar-refractivity contribution is -0.112. The molecule has 0 aromatic heterocycles. The van der Waals surface area contributed by atoms with Crippen LogP contribution in [0.4, 0.5) is 5.69 Å². The largest absolute Gasteiger partial charge is 0.321 e. The Labute approximate surface area is 124 Å². The molecule has 0 saturated carbocycles. The van der Waals surface area contributed by atoms with Gasteiger partial charge in [0.05, 0.1) is 0 Å². The van der Waals surface area contributed by atoms with Crippen molar-refractivity contribution in [2.45, 2.75) is 13.3 Å². The second kappa shape index (κ2) is 7.06. The van der Waals surface area contributed by atoms with Crippen LogP contribution in [-0.2, 0) is 11.2 Å². The van der Waals surface area contributed by atoms with Crippen molar-refractivity contribution < 1.29 is 4.79 Å². The molecule has 104 valence electrons. The van der Waals surface area contributed by atoms with Crippen LogP contribution in [0.15, 0.2) is 60.2 Å². The Hall–Kier alpha value is -2.86. The highest BCUT2D eigenvalue weighted by Gasteiger charge is 2.09. The third-order valence-corrected chi connectivity index (χ3v) is 3.10. The minimum absolute atomic E-state index is 0.0862. The van der Waals surface area contributed by atoms with Crippen LogP contribution in [-0.4, -0.2) is 5.91 Å². The minimum Gasteiger partial charge on any atom is -0.321 e. The van der Waals surface area contributed by atoms with Gasteiger partial charge in [-0.25, -0.2) is 0 Å². The van der Waals surface area contributed by atoms with Gasteiger partial charge in [-0.15, -0.1) is 0 Å². The van der Waals surface area contributed by atoms with E-state index in [9.17, 15) is 4.79 Å². The topological polar surface area (TPSA) is 52.9 Å². The highest BCUT2D eigenvalue weighted by molar-refractivity contribution is 6.09. The van der Waals surface area contributed by atoms with Crippen molar-refractivity contribution in [1.82, 2.24) is 0 Å². The zero-order valence-corrected chi connectivity index (χ0v) is 11.8. The molecule has 3 heteroatoms. The lowest BCUT2D eigenvalue weighted by Crippen LogP contribution is -2.13. The third kappa shape index (κ3) is 4.05. The van der Waals surface area contributed by atoms with Gasteiger partial charge in [0.25, 0.3) is 5.91 Å². The fourth-order valence-corrected chi connectivity index (χ4v) is 1.88. The molecule has 0 aliphatic heterocycles. The first-order valence-corrected chi connectivity index (χ1v) is 6.80. The molecular weight excluding hydrogens is 260 g/mol. The molecular formula is C18H16N2O. The second-order valence-corrected chi connectivity index (χ2v) is 4.59. The number of amides is 1. The summed E-state index contributed by atoms with van der Waals surface area (Å²) in [6.45, 7) is 2.08. The van der Waals surface area contributed by atoms with Crippen molar-refractivity contribution in [3.8, 4) is 6.07 Å². The number of nitriles is 1. The van der Waals surface area contributed by atoms with Crippen molar-refractivity contribution in [2.75, 3.05) is 5.32 Å². The quantitative estimate of drug-likeness (QED) is 0.682. The summed E-state index contributed by atoms with van der Waals surface area (Å²) in [6, 6.07) is 18.8. The molecule has 1 amide bonds. The van der Waals surface area contributed by atoms with Gasteiger partial charge in [0.15, 0.2) is 0 Å². The van der Waals surface area contributed by atoms with Crippen molar-refractivity contribution in [3.05, 3.63) is 71.3 Å². The highest BCUT2D eigenvalue weighted by atomic mass is 16.1. The maximum absolute atomic E-state index is 12.1. The van der Waals surface area contributed by atoms with E-state index in [1.807, 2.05) is 48.5 Å². The summed E-state index contributed by atoms with van der Waals surface area (Å²) >= 11 is 0. The van der Waals surface area contributed by atoms with Gasteiger partial charge in [0.2, 0.25) is 0 Å². The number of rotatable bonds is 4. The fraction of sp³-hybridized carbons (Fsp3) is 0.111. The molecule has 0 fully saturated rings. The number of benzene rings is 2. The average molecular weight is 276 g/mol. The predicted octanol–water partition coefficient (Wildman–Crippen LogP) is 3.79. The fourth-order valence-electron chi connectivity index (χ4n) is 1.88. The first kappa shape index (κ1) is 14.5. The van der Waals surface area contributed by atoms with E-state index in [0.29, 0.717) is 5.69 Å². The standard InChI is InChI=1S/C18H16N2O/c1-2-14-8-10-15(11-9-14)12-16(13-19)18(21)20-17-6-4-3-5-7-17/h3-12H,2H2,1H3,(H,20,21)/b16-12-. The number of carbonyl (C=O) groups is 1. The summed E-state index contributed by atoms with van der Waals surface area (Å²) in [7, 11) is 0. The Bertz CT molecular complexity index is 679. The smallest absolute Gasteiger partial charge is 0.266 e. The summed E-state index contributed by atoms with van der Waals surface area (Å²) in [6.07, 6.45) is 2.56. The van der Waals surface area contributed by atoms with Gasteiger partial charge < -0.3 is 5.32 Å².